The number of nitrogens with zero attached hydrogens (tertiary/aromatic N) is 1. The van der Waals surface area contributed by atoms with Crippen molar-refractivity contribution in [2.24, 2.45) is 5.92 Å². The van der Waals surface area contributed by atoms with Crippen LogP contribution in [0.3, 0.4) is 0 Å². The van der Waals surface area contributed by atoms with Gasteiger partial charge in [0.05, 0.1) is 6.20 Å². The number of oxazole rings is 1. The number of aryl methyl sites for hydroxylation is 2. The van der Waals surface area contributed by atoms with Crippen LogP contribution in [0, 0.1) is 19.8 Å². The Morgan fingerprint density at radius 1 is 1.38 bits per heavy atom. The highest BCUT2D eigenvalue weighted by molar-refractivity contribution is 6.30. The summed E-state index contributed by atoms with van der Waals surface area (Å²) in [5, 5.41) is 4.10. The molecule has 1 N–H and O–H groups in total. The van der Waals surface area contributed by atoms with Gasteiger partial charge < -0.3 is 14.5 Å². The normalized spacial score (nSPS) is 19.7. The largest absolute Gasteiger partial charge is 0.480 e. The Kier molecular flexibility index (Phi) is 4.17. The second kappa shape index (κ2) is 6.08. The van der Waals surface area contributed by atoms with Gasteiger partial charge in [-0.2, -0.15) is 0 Å². The van der Waals surface area contributed by atoms with Gasteiger partial charge in [-0.1, -0.05) is 11.6 Å². The molecule has 21 heavy (non-hydrogen) atoms. The standard InChI is InChI=1S/C16H19ClN2O2/c1-10-7-13(17)8-11(2)14(10)21-15(12-3-4-18-9-12)16-19-5-6-20-16/h5-8,12,15,18H,3-4,9H2,1-2H3/t12-,15+/m1/s1. The van der Waals surface area contributed by atoms with Gasteiger partial charge in [-0.3, -0.25) is 0 Å². The molecule has 1 saturated heterocycles. The van der Waals surface area contributed by atoms with E-state index in [1.807, 2.05) is 26.0 Å². The maximum absolute atomic E-state index is 6.30. The Labute approximate surface area is 129 Å². The summed E-state index contributed by atoms with van der Waals surface area (Å²) in [5.74, 6) is 1.87. The van der Waals surface area contributed by atoms with Gasteiger partial charge in [-0.25, -0.2) is 4.98 Å². The fourth-order valence-electron chi connectivity index (χ4n) is 2.87. The number of hydrogen-bond acceptors (Lipinski definition) is 4. The topological polar surface area (TPSA) is 47.3 Å². The van der Waals surface area contributed by atoms with E-state index < -0.39 is 0 Å². The second-order valence-electron chi connectivity index (χ2n) is 5.53. The smallest absolute Gasteiger partial charge is 0.235 e. The minimum absolute atomic E-state index is 0.173. The third kappa shape index (κ3) is 3.06. The number of hydrogen-bond donors (Lipinski definition) is 1. The number of halogens is 1. The van der Waals surface area contributed by atoms with Crippen LogP contribution in [-0.2, 0) is 0 Å². The van der Waals surface area contributed by atoms with Crippen molar-refractivity contribution in [2.75, 3.05) is 13.1 Å². The Morgan fingerprint density at radius 3 is 2.71 bits per heavy atom. The number of aromatic nitrogens is 1. The summed E-state index contributed by atoms with van der Waals surface area (Å²) < 4.78 is 11.8. The zero-order valence-corrected chi connectivity index (χ0v) is 13.0. The average Bonchev–Trinajstić information content (AvgIpc) is 3.11. The van der Waals surface area contributed by atoms with E-state index in [0.717, 1.165) is 41.4 Å². The molecule has 0 aliphatic carbocycles. The van der Waals surface area contributed by atoms with Crippen LogP contribution in [0.15, 0.2) is 29.0 Å². The van der Waals surface area contributed by atoms with E-state index in [1.54, 1.807) is 12.5 Å². The Hall–Kier alpha value is -1.52. The van der Waals surface area contributed by atoms with Crippen LogP contribution in [-0.4, -0.2) is 18.1 Å². The number of benzene rings is 1. The summed E-state index contributed by atoms with van der Waals surface area (Å²) in [6.07, 6.45) is 4.14. The monoisotopic (exact) mass is 306 g/mol. The molecule has 3 rings (SSSR count). The van der Waals surface area contributed by atoms with Crippen LogP contribution in [0.1, 0.15) is 29.5 Å². The lowest BCUT2D eigenvalue weighted by Gasteiger charge is -2.23. The molecule has 1 aromatic heterocycles. The minimum Gasteiger partial charge on any atom is -0.480 e. The van der Waals surface area contributed by atoms with Crippen LogP contribution in [0.2, 0.25) is 5.02 Å². The molecule has 1 fully saturated rings. The molecule has 2 heterocycles. The summed E-state index contributed by atoms with van der Waals surface area (Å²) in [6, 6.07) is 3.84. The molecule has 1 aliphatic heterocycles. The van der Waals surface area contributed by atoms with Crippen LogP contribution < -0.4 is 10.1 Å². The first-order valence-electron chi connectivity index (χ1n) is 7.18. The molecule has 2 atom stereocenters. The molecule has 5 heteroatoms. The third-order valence-corrected chi connectivity index (χ3v) is 4.11. The molecule has 1 aliphatic rings. The first-order chi connectivity index (χ1) is 10.1. The quantitative estimate of drug-likeness (QED) is 0.936. The predicted octanol–water partition coefficient (Wildman–Crippen LogP) is 3.67. The molecule has 1 aromatic carbocycles. The molecular weight excluding hydrogens is 288 g/mol. The van der Waals surface area contributed by atoms with Crippen LogP contribution in [0.25, 0.3) is 0 Å². The van der Waals surface area contributed by atoms with Crippen molar-refractivity contribution in [1.29, 1.82) is 0 Å². The molecule has 0 spiro atoms. The van der Waals surface area contributed by atoms with E-state index in [4.69, 9.17) is 20.8 Å². The fourth-order valence-corrected chi connectivity index (χ4v) is 3.20. The van der Waals surface area contributed by atoms with Gasteiger partial charge in [-0.15, -0.1) is 0 Å². The van der Waals surface area contributed by atoms with E-state index in [9.17, 15) is 0 Å². The fraction of sp³-hybridized carbons (Fsp3) is 0.438. The zero-order valence-electron chi connectivity index (χ0n) is 12.2. The van der Waals surface area contributed by atoms with Crippen molar-refractivity contribution in [3.63, 3.8) is 0 Å². The lowest BCUT2D eigenvalue weighted by atomic mass is 10.0. The molecule has 0 unspecified atom stereocenters. The van der Waals surface area contributed by atoms with E-state index >= 15 is 0 Å². The van der Waals surface area contributed by atoms with E-state index in [0.29, 0.717) is 11.8 Å². The van der Waals surface area contributed by atoms with Crippen LogP contribution >= 0.6 is 11.6 Å². The van der Waals surface area contributed by atoms with Crippen molar-refractivity contribution < 1.29 is 9.15 Å². The van der Waals surface area contributed by atoms with Crippen LogP contribution in [0.4, 0.5) is 0 Å². The molecule has 0 amide bonds. The van der Waals surface area contributed by atoms with Gasteiger partial charge in [0.1, 0.15) is 12.0 Å². The first kappa shape index (κ1) is 14.4. The summed E-state index contributed by atoms with van der Waals surface area (Å²) in [4.78, 5) is 4.29. The molecule has 2 aromatic rings. The lowest BCUT2D eigenvalue weighted by molar-refractivity contribution is 0.112. The van der Waals surface area contributed by atoms with Gasteiger partial charge in [0.2, 0.25) is 5.89 Å². The van der Waals surface area contributed by atoms with Crippen molar-refractivity contribution >= 4 is 11.6 Å². The van der Waals surface area contributed by atoms with E-state index in [2.05, 4.69) is 10.3 Å². The van der Waals surface area contributed by atoms with Crippen molar-refractivity contribution in [2.45, 2.75) is 26.4 Å². The van der Waals surface area contributed by atoms with E-state index in [1.165, 1.54) is 0 Å². The third-order valence-electron chi connectivity index (χ3n) is 3.89. The number of rotatable bonds is 4. The summed E-state index contributed by atoms with van der Waals surface area (Å²) in [5.41, 5.74) is 2.06. The summed E-state index contributed by atoms with van der Waals surface area (Å²) in [7, 11) is 0. The zero-order chi connectivity index (χ0) is 14.8. The Balaban J connectivity index is 1.91. The summed E-state index contributed by atoms with van der Waals surface area (Å²) >= 11 is 6.09. The van der Waals surface area contributed by atoms with Gasteiger partial charge in [0.15, 0.2) is 6.10 Å². The summed E-state index contributed by atoms with van der Waals surface area (Å²) in [6.45, 7) is 5.93. The highest BCUT2D eigenvalue weighted by Crippen LogP contribution is 2.35. The Morgan fingerprint density at radius 2 is 2.14 bits per heavy atom. The highest BCUT2D eigenvalue weighted by atomic mass is 35.5. The SMILES string of the molecule is Cc1cc(Cl)cc(C)c1O[C@H](c1ncco1)[C@@H]1CCNC1. The second-order valence-corrected chi connectivity index (χ2v) is 5.97. The van der Waals surface area contributed by atoms with Gasteiger partial charge in [0.25, 0.3) is 0 Å². The molecule has 0 bridgehead atoms. The van der Waals surface area contributed by atoms with Gasteiger partial charge in [0, 0.05) is 17.5 Å². The molecule has 112 valence electrons. The predicted molar refractivity (Wildman–Crippen MR) is 81.8 cm³/mol. The molecule has 4 nitrogen and oxygen atoms in total. The van der Waals surface area contributed by atoms with Crippen LogP contribution in [0.5, 0.6) is 5.75 Å². The van der Waals surface area contributed by atoms with Crippen molar-refractivity contribution in [3.8, 4) is 5.75 Å². The van der Waals surface area contributed by atoms with Crippen molar-refractivity contribution in [1.82, 2.24) is 10.3 Å². The highest BCUT2D eigenvalue weighted by Gasteiger charge is 2.32. The molecular formula is C16H19ClN2O2. The maximum atomic E-state index is 6.30. The number of nitrogens with one attached hydrogen (secondary N) is 1. The average molecular weight is 307 g/mol. The maximum Gasteiger partial charge on any atom is 0.235 e. The lowest BCUT2D eigenvalue weighted by Crippen LogP contribution is -2.22. The van der Waals surface area contributed by atoms with Crippen molar-refractivity contribution in [3.05, 3.63) is 46.6 Å². The first-order valence-corrected chi connectivity index (χ1v) is 7.56. The minimum atomic E-state index is -0.173. The molecule has 0 saturated carbocycles. The number of ether oxygens (including phenoxy) is 1. The van der Waals surface area contributed by atoms with E-state index in [-0.39, 0.29) is 6.10 Å². The molecule has 0 radical (unpaired) electrons. The van der Waals surface area contributed by atoms with Gasteiger partial charge >= 0.3 is 0 Å². The van der Waals surface area contributed by atoms with Gasteiger partial charge in [-0.05, 0) is 50.1 Å². The Bertz CT molecular complexity index is 584.